The lowest BCUT2D eigenvalue weighted by molar-refractivity contribution is -0.130. The van der Waals surface area contributed by atoms with E-state index in [0.29, 0.717) is 23.9 Å². The summed E-state index contributed by atoms with van der Waals surface area (Å²) in [7, 11) is -1.45. The standard InChI is InChI=1S/C20H25FN4O4S2/c1-4-10-25-18(12-29-17-8-6-5-7-16(17)21)22-23-20(25)30-14(2)19(26)24(3)15-9-11-31(27,28)13-15/h4-8,14-15H,1,9-13H2,2-3H3/t14-,15-/m0/s1. The highest BCUT2D eigenvalue weighted by Gasteiger charge is 2.34. The zero-order valence-corrected chi connectivity index (χ0v) is 19.0. The third-order valence-electron chi connectivity index (χ3n) is 5.03. The molecule has 8 nitrogen and oxygen atoms in total. The Kier molecular flexibility index (Phi) is 7.37. The van der Waals surface area contributed by atoms with Crippen LogP contribution in [0.15, 0.2) is 42.1 Å². The van der Waals surface area contributed by atoms with Crippen LogP contribution in [0.25, 0.3) is 0 Å². The first kappa shape index (κ1) is 23.3. The average Bonchev–Trinajstić information content (AvgIpc) is 3.29. The summed E-state index contributed by atoms with van der Waals surface area (Å²) in [6.45, 7) is 5.88. The van der Waals surface area contributed by atoms with Crippen molar-refractivity contribution in [2.45, 2.75) is 42.9 Å². The molecule has 0 unspecified atom stereocenters. The van der Waals surface area contributed by atoms with E-state index in [0.717, 1.165) is 0 Å². The Bertz CT molecular complexity index is 1060. The SMILES string of the molecule is C=CCn1c(COc2ccccc2F)nnc1S[C@@H](C)C(=O)N(C)[C@H]1CCS(=O)(=O)C1. The number of rotatable bonds is 9. The predicted molar refractivity (Wildman–Crippen MR) is 116 cm³/mol. The van der Waals surface area contributed by atoms with E-state index in [4.69, 9.17) is 4.74 Å². The van der Waals surface area contributed by atoms with E-state index in [1.165, 1.54) is 28.8 Å². The van der Waals surface area contributed by atoms with Gasteiger partial charge in [0, 0.05) is 19.6 Å². The number of benzene rings is 1. The molecule has 0 bridgehead atoms. The van der Waals surface area contributed by atoms with E-state index in [2.05, 4.69) is 16.8 Å². The summed E-state index contributed by atoms with van der Waals surface area (Å²) in [5, 5.41) is 8.29. The Morgan fingerprint density at radius 1 is 1.45 bits per heavy atom. The number of halogens is 1. The molecule has 1 aliphatic heterocycles. The van der Waals surface area contributed by atoms with Crippen molar-refractivity contribution in [1.29, 1.82) is 0 Å². The van der Waals surface area contributed by atoms with Crippen LogP contribution in [0.4, 0.5) is 4.39 Å². The number of carbonyl (C=O) groups is 1. The zero-order valence-electron chi connectivity index (χ0n) is 17.4. The molecule has 31 heavy (non-hydrogen) atoms. The molecule has 0 radical (unpaired) electrons. The van der Waals surface area contributed by atoms with Gasteiger partial charge in [0.25, 0.3) is 0 Å². The maximum atomic E-state index is 13.8. The minimum Gasteiger partial charge on any atom is -0.483 e. The fourth-order valence-electron chi connectivity index (χ4n) is 3.29. The number of nitrogens with zero attached hydrogens (tertiary/aromatic N) is 4. The number of para-hydroxylation sites is 1. The van der Waals surface area contributed by atoms with Crippen LogP contribution >= 0.6 is 11.8 Å². The van der Waals surface area contributed by atoms with Crippen molar-refractivity contribution >= 4 is 27.5 Å². The van der Waals surface area contributed by atoms with Crippen molar-refractivity contribution in [3.63, 3.8) is 0 Å². The quantitative estimate of drug-likeness (QED) is 0.412. The van der Waals surface area contributed by atoms with Gasteiger partial charge in [0.2, 0.25) is 5.91 Å². The molecule has 1 fully saturated rings. The lowest BCUT2D eigenvalue weighted by Crippen LogP contribution is -2.41. The molecule has 0 aliphatic carbocycles. The molecular formula is C20H25FN4O4S2. The van der Waals surface area contributed by atoms with Crippen molar-refractivity contribution in [2.24, 2.45) is 0 Å². The summed E-state index contributed by atoms with van der Waals surface area (Å²) < 4.78 is 44.5. The molecule has 1 aromatic carbocycles. The summed E-state index contributed by atoms with van der Waals surface area (Å²) in [5.74, 6) is 0.0432. The highest BCUT2D eigenvalue weighted by molar-refractivity contribution is 8.00. The smallest absolute Gasteiger partial charge is 0.235 e. The number of thioether (sulfide) groups is 1. The summed E-state index contributed by atoms with van der Waals surface area (Å²) >= 11 is 1.22. The van der Waals surface area contributed by atoms with Gasteiger partial charge in [-0.05, 0) is 25.5 Å². The van der Waals surface area contributed by atoms with Gasteiger partial charge in [0.15, 0.2) is 32.4 Å². The number of ether oxygens (including phenoxy) is 1. The van der Waals surface area contributed by atoms with Crippen molar-refractivity contribution in [1.82, 2.24) is 19.7 Å². The summed E-state index contributed by atoms with van der Waals surface area (Å²) in [4.78, 5) is 14.3. The topological polar surface area (TPSA) is 94.4 Å². The van der Waals surface area contributed by atoms with Gasteiger partial charge < -0.3 is 9.64 Å². The van der Waals surface area contributed by atoms with Gasteiger partial charge in [0.05, 0.1) is 16.8 Å². The normalized spacial score (nSPS) is 18.5. The second kappa shape index (κ2) is 9.82. The number of hydrogen-bond acceptors (Lipinski definition) is 7. The highest BCUT2D eigenvalue weighted by atomic mass is 32.2. The third kappa shape index (κ3) is 5.65. The van der Waals surface area contributed by atoms with E-state index in [1.807, 2.05) is 0 Å². The van der Waals surface area contributed by atoms with Gasteiger partial charge in [-0.3, -0.25) is 9.36 Å². The molecule has 0 N–H and O–H groups in total. The molecule has 3 rings (SSSR count). The number of sulfone groups is 1. The van der Waals surface area contributed by atoms with Crippen LogP contribution in [0.3, 0.4) is 0 Å². The van der Waals surface area contributed by atoms with Gasteiger partial charge in [-0.2, -0.15) is 0 Å². The minimum atomic E-state index is -3.08. The van der Waals surface area contributed by atoms with Crippen LogP contribution < -0.4 is 4.74 Å². The lowest BCUT2D eigenvalue weighted by Gasteiger charge is -2.26. The Morgan fingerprint density at radius 2 is 2.19 bits per heavy atom. The van der Waals surface area contributed by atoms with Crippen molar-refractivity contribution in [3.8, 4) is 5.75 Å². The molecule has 2 heterocycles. The molecule has 168 valence electrons. The molecule has 1 saturated heterocycles. The number of hydrogen-bond donors (Lipinski definition) is 0. The maximum absolute atomic E-state index is 13.8. The van der Waals surface area contributed by atoms with Crippen molar-refractivity contribution in [2.75, 3.05) is 18.6 Å². The maximum Gasteiger partial charge on any atom is 0.235 e. The molecular weight excluding hydrogens is 443 g/mol. The summed E-state index contributed by atoms with van der Waals surface area (Å²) in [6, 6.07) is 5.78. The van der Waals surface area contributed by atoms with E-state index in [9.17, 15) is 17.6 Å². The van der Waals surface area contributed by atoms with E-state index in [-0.39, 0.29) is 35.8 Å². The number of amides is 1. The van der Waals surface area contributed by atoms with Crippen molar-refractivity contribution in [3.05, 3.63) is 48.6 Å². The molecule has 1 aliphatic rings. The van der Waals surface area contributed by atoms with E-state index in [1.54, 1.807) is 36.7 Å². The van der Waals surface area contributed by atoms with Gasteiger partial charge in [-0.1, -0.05) is 30.0 Å². The van der Waals surface area contributed by atoms with Crippen LogP contribution in [0, 0.1) is 5.82 Å². The molecule has 11 heteroatoms. The van der Waals surface area contributed by atoms with Crippen molar-refractivity contribution < 1.29 is 22.3 Å². The predicted octanol–water partition coefficient (Wildman–Crippen LogP) is 2.31. The lowest BCUT2D eigenvalue weighted by atomic mass is 10.2. The first-order valence-corrected chi connectivity index (χ1v) is 12.5. The average molecular weight is 469 g/mol. The van der Waals surface area contributed by atoms with Gasteiger partial charge in [-0.25, -0.2) is 12.8 Å². The molecule has 2 atom stereocenters. The fourth-order valence-corrected chi connectivity index (χ4v) is 6.04. The van der Waals surface area contributed by atoms with E-state index >= 15 is 0 Å². The van der Waals surface area contributed by atoms with Crippen LogP contribution in [0.5, 0.6) is 5.75 Å². The van der Waals surface area contributed by atoms with E-state index < -0.39 is 20.9 Å². The second-order valence-electron chi connectivity index (χ2n) is 7.28. The van der Waals surface area contributed by atoms with Crippen LogP contribution in [-0.2, 0) is 27.8 Å². The Balaban J connectivity index is 1.68. The van der Waals surface area contributed by atoms with Crippen LogP contribution in [0.2, 0.25) is 0 Å². The zero-order chi connectivity index (χ0) is 22.6. The Morgan fingerprint density at radius 3 is 2.84 bits per heavy atom. The van der Waals surface area contributed by atoms with Gasteiger partial charge in [-0.15, -0.1) is 16.8 Å². The number of aromatic nitrogens is 3. The monoisotopic (exact) mass is 468 g/mol. The second-order valence-corrected chi connectivity index (χ2v) is 10.8. The largest absolute Gasteiger partial charge is 0.483 e. The molecule has 1 amide bonds. The third-order valence-corrected chi connectivity index (χ3v) is 7.85. The molecule has 2 aromatic rings. The molecule has 0 saturated carbocycles. The van der Waals surface area contributed by atoms with Gasteiger partial charge in [0.1, 0.15) is 6.61 Å². The first-order valence-electron chi connectivity index (χ1n) is 9.76. The number of carbonyl (C=O) groups excluding carboxylic acids is 1. The highest BCUT2D eigenvalue weighted by Crippen LogP contribution is 2.26. The summed E-state index contributed by atoms with van der Waals surface area (Å²) in [6.07, 6.45) is 2.12. The summed E-state index contributed by atoms with van der Waals surface area (Å²) in [5.41, 5.74) is 0. The fraction of sp³-hybridized carbons (Fsp3) is 0.450. The van der Waals surface area contributed by atoms with Crippen LogP contribution in [0.1, 0.15) is 19.2 Å². The van der Waals surface area contributed by atoms with Gasteiger partial charge >= 0.3 is 0 Å². The molecule has 0 spiro atoms. The Labute approximate surface area is 185 Å². The number of allylic oxidation sites excluding steroid dienone is 1. The first-order chi connectivity index (χ1) is 14.7. The van der Waals surface area contributed by atoms with Crippen LogP contribution in [-0.4, -0.2) is 63.8 Å². The Hall–Kier alpha value is -2.40. The molecule has 1 aromatic heterocycles. The minimum absolute atomic E-state index is 0.00317.